The Labute approximate surface area is 136 Å². The second kappa shape index (κ2) is 6.39. The molecular weight excluding hydrogens is 280 g/mol. The Bertz CT molecular complexity index is 869. The molecule has 0 aromatic heterocycles. The summed E-state index contributed by atoms with van der Waals surface area (Å²) in [5.74, 6) is 0. The molecule has 4 aromatic rings. The molecule has 5 rings (SSSR count). The van der Waals surface area contributed by atoms with Crippen LogP contribution in [0.4, 0.5) is 0 Å². The van der Waals surface area contributed by atoms with Gasteiger partial charge in [-0.25, -0.2) is 0 Å². The zero-order chi connectivity index (χ0) is 15.5. The highest BCUT2D eigenvalue weighted by atomic mass is 16.5. The molecule has 1 nitrogen and oxygen atoms in total. The Morgan fingerprint density at radius 1 is 0.478 bits per heavy atom. The first-order valence-electron chi connectivity index (χ1n) is 8.30. The van der Waals surface area contributed by atoms with E-state index in [4.69, 9.17) is 4.74 Å². The quantitative estimate of drug-likeness (QED) is 0.365. The number of rotatable bonds is 0. The van der Waals surface area contributed by atoms with Crippen molar-refractivity contribution in [3.63, 3.8) is 0 Å². The van der Waals surface area contributed by atoms with Gasteiger partial charge in [-0.2, -0.15) is 0 Å². The first kappa shape index (κ1) is 14.2. The van der Waals surface area contributed by atoms with Crippen molar-refractivity contribution in [2.45, 2.75) is 12.8 Å². The lowest BCUT2D eigenvalue weighted by molar-refractivity contribution is 0.198. The zero-order valence-electron chi connectivity index (χ0n) is 13.2. The average Bonchev–Trinajstić information content (AvgIpc) is 3.21. The molecule has 0 radical (unpaired) electrons. The smallest absolute Gasteiger partial charge is 0.0466 e. The van der Waals surface area contributed by atoms with E-state index in [-0.39, 0.29) is 0 Å². The van der Waals surface area contributed by atoms with E-state index in [1.807, 2.05) is 0 Å². The molecule has 0 saturated carbocycles. The first-order chi connectivity index (χ1) is 11.4. The molecule has 23 heavy (non-hydrogen) atoms. The summed E-state index contributed by atoms with van der Waals surface area (Å²) in [5, 5.41) is 7.96. The molecule has 1 saturated heterocycles. The fourth-order valence-electron chi connectivity index (χ4n) is 3.28. The third-order valence-corrected chi connectivity index (χ3v) is 4.48. The van der Waals surface area contributed by atoms with E-state index in [0.717, 1.165) is 13.2 Å². The molecule has 1 heteroatoms. The van der Waals surface area contributed by atoms with Gasteiger partial charge in [0, 0.05) is 13.2 Å². The molecule has 0 unspecified atom stereocenters. The Hall–Kier alpha value is -2.38. The van der Waals surface area contributed by atoms with E-state index in [1.54, 1.807) is 0 Å². The fraction of sp³-hybridized carbons (Fsp3) is 0.182. The standard InChI is InChI=1S/C18H12.C4H8O/c1-3-7-15-13(5-1)9-11-18-16-8-4-2-6-14(16)10-12-17(15)18;1-2-4-5-3-1/h1-12H;1-4H2. The predicted molar refractivity (Wildman–Crippen MR) is 99.0 cm³/mol. The van der Waals surface area contributed by atoms with E-state index >= 15 is 0 Å². The normalized spacial score (nSPS) is 14.1. The van der Waals surface area contributed by atoms with Crippen LogP contribution in [0.5, 0.6) is 0 Å². The number of ether oxygens (including phenoxy) is 1. The summed E-state index contributed by atoms with van der Waals surface area (Å²) in [4.78, 5) is 0. The Morgan fingerprint density at radius 3 is 1.39 bits per heavy atom. The lowest BCUT2D eigenvalue weighted by Gasteiger charge is -2.07. The van der Waals surface area contributed by atoms with Crippen LogP contribution in [-0.4, -0.2) is 13.2 Å². The molecule has 0 aliphatic carbocycles. The highest BCUT2D eigenvalue weighted by Crippen LogP contribution is 2.30. The van der Waals surface area contributed by atoms with Crippen molar-refractivity contribution < 1.29 is 4.74 Å². The summed E-state index contributed by atoms with van der Waals surface area (Å²) in [6, 6.07) is 26.0. The van der Waals surface area contributed by atoms with Gasteiger partial charge < -0.3 is 4.74 Å². The van der Waals surface area contributed by atoms with E-state index in [1.165, 1.54) is 45.2 Å². The lowest BCUT2D eigenvalue weighted by atomic mass is 9.97. The van der Waals surface area contributed by atoms with Crippen LogP contribution >= 0.6 is 0 Å². The summed E-state index contributed by atoms with van der Waals surface area (Å²) >= 11 is 0. The number of fused-ring (bicyclic) bond motifs is 5. The van der Waals surface area contributed by atoms with Gasteiger partial charge in [0.1, 0.15) is 0 Å². The lowest BCUT2D eigenvalue weighted by Crippen LogP contribution is -1.79. The summed E-state index contributed by atoms with van der Waals surface area (Å²) in [5.41, 5.74) is 0. The van der Waals surface area contributed by atoms with Crippen LogP contribution in [0.15, 0.2) is 72.8 Å². The van der Waals surface area contributed by atoms with Crippen LogP contribution in [-0.2, 0) is 4.74 Å². The van der Waals surface area contributed by atoms with Gasteiger partial charge in [-0.05, 0) is 45.2 Å². The van der Waals surface area contributed by atoms with Gasteiger partial charge in [0.15, 0.2) is 0 Å². The van der Waals surface area contributed by atoms with Crippen molar-refractivity contribution in [3.05, 3.63) is 72.8 Å². The van der Waals surface area contributed by atoms with Crippen LogP contribution in [0.1, 0.15) is 12.8 Å². The van der Waals surface area contributed by atoms with Gasteiger partial charge >= 0.3 is 0 Å². The van der Waals surface area contributed by atoms with Crippen molar-refractivity contribution in [1.29, 1.82) is 0 Å². The second-order valence-corrected chi connectivity index (χ2v) is 5.99. The minimum Gasteiger partial charge on any atom is -0.381 e. The van der Waals surface area contributed by atoms with Crippen molar-refractivity contribution in [2.75, 3.05) is 13.2 Å². The third-order valence-electron chi connectivity index (χ3n) is 4.48. The van der Waals surface area contributed by atoms with Gasteiger partial charge in [0.25, 0.3) is 0 Å². The topological polar surface area (TPSA) is 9.23 Å². The van der Waals surface area contributed by atoms with Crippen LogP contribution in [0, 0.1) is 0 Å². The van der Waals surface area contributed by atoms with E-state index in [9.17, 15) is 0 Å². The van der Waals surface area contributed by atoms with Crippen LogP contribution < -0.4 is 0 Å². The van der Waals surface area contributed by atoms with Crippen molar-refractivity contribution in [1.82, 2.24) is 0 Å². The van der Waals surface area contributed by atoms with Gasteiger partial charge in [0.2, 0.25) is 0 Å². The molecule has 0 N–H and O–H groups in total. The van der Waals surface area contributed by atoms with E-state index in [2.05, 4.69) is 72.8 Å². The van der Waals surface area contributed by atoms with Crippen LogP contribution in [0.3, 0.4) is 0 Å². The first-order valence-corrected chi connectivity index (χ1v) is 8.30. The van der Waals surface area contributed by atoms with Gasteiger partial charge in [-0.1, -0.05) is 72.8 Å². The molecule has 0 spiro atoms. The minimum atomic E-state index is 1.00. The zero-order valence-corrected chi connectivity index (χ0v) is 13.2. The van der Waals surface area contributed by atoms with Gasteiger partial charge in [-0.3, -0.25) is 0 Å². The van der Waals surface area contributed by atoms with Crippen molar-refractivity contribution in [2.24, 2.45) is 0 Å². The predicted octanol–water partition coefficient (Wildman–Crippen LogP) is 5.94. The molecule has 0 bridgehead atoms. The molecule has 0 amide bonds. The Kier molecular flexibility index (Phi) is 3.95. The minimum absolute atomic E-state index is 1.00. The third kappa shape index (κ3) is 2.80. The molecule has 1 fully saturated rings. The summed E-state index contributed by atoms with van der Waals surface area (Å²) in [6.45, 7) is 2.00. The van der Waals surface area contributed by atoms with Gasteiger partial charge in [-0.15, -0.1) is 0 Å². The highest BCUT2D eigenvalue weighted by Gasteiger charge is 2.03. The SMILES string of the molecule is C1CCOC1.c1ccc2c(c1)ccc1c3ccccc3ccc21. The molecule has 1 aliphatic heterocycles. The Morgan fingerprint density at radius 2 is 0.957 bits per heavy atom. The number of hydrogen-bond acceptors (Lipinski definition) is 1. The van der Waals surface area contributed by atoms with E-state index in [0.29, 0.717) is 0 Å². The maximum Gasteiger partial charge on any atom is 0.0466 e. The maximum absolute atomic E-state index is 4.94. The molecular formula is C22H20O. The van der Waals surface area contributed by atoms with Gasteiger partial charge in [0.05, 0.1) is 0 Å². The molecule has 1 aliphatic rings. The number of benzene rings is 4. The largest absolute Gasteiger partial charge is 0.381 e. The summed E-state index contributed by atoms with van der Waals surface area (Å²) in [6.07, 6.45) is 2.56. The Balaban J connectivity index is 0.000000233. The second-order valence-electron chi connectivity index (χ2n) is 5.99. The van der Waals surface area contributed by atoms with Crippen molar-refractivity contribution in [3.8, 4) is 0 Å². The van der Waals surface area contributed by atoms with E-state index < -0.39 is 0 Å². The molecule has 1 heterocycles. The van der Waals surface area contributed by atoms with Crippen LogP contribution in [0.25, 0.3) is 32.3 Å². The molecule has 4 aromatic carbocycles. The number of hydrogen-bond donors (Lipinski definition) is 0. The molecule has 0 atom stereocenters. The summed E-state index contributed by atoms with van der Waals surface area (Å²) < 4.78 is 4.94. The summed E-state index contributed by atoms with van der Waals surface area (Å²) in [7, 11) is 0. The van der Waals surface area contributed by atoms with Crippen molar-refractivity contribution >= 4 is 32.3 Å². The fourth-order valence-corrected chi connectivity index (χ4v) is 3.28. The van der Waals surface area contributed by atoms with Crippen LogP contribution in [0.2, 0.25) is 0 Å². The highest BCUT2D eigenvalue weighted by molar-refractivity contribution is 6.17. The molecule has 114 valence electrons. The average molecular weight is 300 g/mol. The maximum atomic E-state index is 4.94. The monoisotopic (exact) mass is 300 g/mol.